The van der Waals surface area contributed by atoms with Crippen molar-refractivity contribution in [1.82, 2.24) is 0 Å². The van der Waals surface area contributed by atoms with Gasteiger partial charge in [0, 0.05) is 0 Å². The van der Waals surface area contributed by atoms with Gasteiger partial charge in [0.2, 0.25) is 0 Å². The Morgan fingerprint density at radius 3 is 1.93 bits per heavy atom. The van der Waals surface area contributed by atoms with Gasteiger partial charge in [-0.05, 0) is 56.4 Å². The van der Waals surface area contributed by atoms with Gasteiger partial charge in [-0.3, -0.25) is 0 Å². The van der Waals surface area contributed by atoms with Crippen LogP contribution in [0, 0.1) is 0 Å². The first kappa shape index (κ1) is 23.3. The Morgan fingerprint density at radius 1 is 0.815 bits per heavy atom. The van der Waals surface area contributed by atoms with Crippen LogP contribution in [0.4, 0.5) is 0 Å². The van der Waals surface area contributed by atoms with E-state index in [-0.39, 0.29) is 11.7 Å². The van der Waals surface area contributed by atoms with E-state index in [1.165, 1.54) is 76.3 Å². The van der Waals surface area contributed by atoms with E-state index < -0.39 is 0 Å². The molecule has 0 amide bonds. The van der Waals surface area contributed by atoms with Gasteiger partial charge in [0.05, 0.1) is 12.2 Å². The molecule has 0 fully saturated rings. The monoisotopic (exact) mass is 374 g/mol. The zero-order chi connectivity index (χ0) is 19.6. The van der Waals surface area contributed by atoms with Crippen LogP contribution in [-0.4, -0.2) is 17.7 Å². The summed E-state index contributed by atoms with van der Waals surface area (Å²) in [6.45, 7) is 2.73. The first-order valence-electron chi connectivity index (χ1n) is 10.8. The Labute approximate surface area is 165 Å². The molecule has 3 nitrogen and oxygen atoms in total. The van der Waals surface area contributed by atoms with E-state index in [1.807, 2.05) is 0 Å². The topological polar surface area (TPSA) is 46.5 Å². The first-order chi connectivity index (χ1) is 13.2. The van der Waals surface area contributed by atoms with E-state index in [1.54, 1.807) is 12.1 Å². The average Bonchev–Trinajstić information content (AvgIpc) is 2.68. The third kappa shape index (κ3) is 13.1. The van der Waals surface area contributed by atoms with Crippen LogP contribution in [0.3, 0.4) is 0 Å². The van der Waals surface area contributed by atoms with Crippen LogP contribution in [0.15, 0.2) is 36.4 Å². The fourth-order valence-electron chi connectivity index (χ4n) is 3.02. The molecule has 0 aliphatic rings. The van der Waals surface area contributed by atoms with Crippen LogP contribution >= 0.6 is 0 Å². The van der Waals surface area contributed by atoms with Crippen molar-refractivity contribution in [1.29, 1.82) is 0 Å². The van der Waals surface area contributed by atoms with Crippen LogP contribution < -0.4 is 0 Å². The number of ether oxygens (including phenoxy) is 1. The van der Waals surface area contributed by atoms with E-state index in [4.69, 9.17) is 4.74 Å². The van der Waals surface area contributed by atoms with Crippen LogP contribution in [0.5, 0.6) is 5.75 Å². The Hall–Kier alpha value is -1.77. The van der Waals surface area contributed by atoms with Crippen molar-refractivity contribution in [2.24, 2.45) is 0 Å². The van der Waals surface area contributed by atoms with Gasteiger partial charge in [0.1, 0.15) is 5.75 Å². The maximum absolute atomic E-state index is 11.8. The van der Waals surface area contributed by atoms with Crippen molar-refractivity contribution in [3.63, 3.8) is 0 Å². The van der Waals surface area contributed by atoms with Crippen LogP contribution in [0.1, 0.15) is 101 Å². The van der Waals surface area contributed by atoms with Gasteiger partial charge in [-0.25, -0.2) is 4.79 Å². The lowest BCUT2D eigenvalue weighted by Crippen LogP contribution is -2.06. The minimum Gasteiger partial charge on any atom is -0.508 e. The lowest BCUT2D eigenvalue weighted by Gasteiger charge is -2.04. The van der Waals surface area contributed by atoms with Gasteiger partial charge in [0.25, 0.3) is 0 Å². The second kappa shape index (κ2) is 16.4. The number of phenolic OH excluding ortho intramolecular Hbond substituents is 1. The second-order valence-electron chi connectivity index (χ2n) is 7.27. The molecule has 0 aromatic heterocycles. The Morgan fingerprint density at radius 2 is 1.33 bits per heavy atom. The third-order valence-electron chi connectivity index (χ3n) is 4.74. The molecule has 0 saturated heterocycles. The Kier molecular flexibility index (Phi) is 14.1. The normalized spacial score (nSPS) is 11.1. The summed E-state index contributed by atoms with van der Waals surface area (Å²) in [5, 5.41) is 9.21. The number of benzene rings is 1. The third-order valence-corrected chi connectivity index (χ3v) is 4.74. The summed E-state index contributed by atoms with van der Waals surface area (Å²) in [7, 11) is 0. The molecular weight excluding hydrogens is 336 g/mol. The maximum atomic E-state index is 11.8. The number of hydrogen-bond acceptors (Lipinski definition) is 3. The molecule has 0 aliphatic heterocycles. The smallest absolute Gasteiger partial charge is 0.338 e. The highest BCUT2D eigenvalue weighted by Gasteiger charge is 2.06. The lowest BCUT2D eigenvalue weighted by molar-refractivity contribution is 0.0497. The predicted molar refractivity (Wildman–Crippen MR) is 113 cm³/mol. The first-order valence-corrected chi connectivity index (χ1v) is 10.8. The summed E-state index contributed by atoms with van der Waals surface area (Å²) < 4.78 is 5.25. The van der Waals surface area contributed by atoms with E-state index in [0.29, 0.717) is 12.2 Å². The number of carbonyl (C=O) groups is 1. The highest BCUT2D eigenvalue weighted by Crippen LogP contribution is 2.12. The molecule has 1 N–H and O–H groups in total. The zero-order valence-electron chi connectivity index (χ0n) is 17.1. The molecule has 0 spiro atoms. The van der Waals surface area contributed by atoms with E-state index in [2.05, 4.69) is 19.1 Å². The molecule has 0 unspecified atom stereocenters. The molecular formula is C24H38O3. The van der Waals surface area contributed by atoms with Crippen molar-refractivity contribution in [2.45, 2.75) is 90.4 Å². The van der Waals surface area contributed by atoms with Gasteiger partial charge in [-0.1, -0.05) is 70.4 Å². The standard InChI is InChI=1S/C24H38O3/c1-2-3-4-5-6-7-8-9-10-11-12-13-14-15-16-21-27-24(26)22-17-19-23(25)20-18-22/h10-11,17-20,25H,2-9,12-16,21H2,1H3/b11-10+. The predicted octanol–water partition coefficient (Wildman–Crippen LogP) is 7.20. The molecule has 152 valence electrons. The number of allylic oxidation sites excluding steroid dienone is 2. The van der Waals surface area contributed by atoms with Crippen LogP contribution in [0.25, 0.3) is 0 Å². The lowest BCUT2D eigenvalue weighted by atomic mass is 10.1. The largest absolute Gasteiger partial charge is 0.508 e. The minimum atomic E-state index is -0.316. The molecule has 0 radical (unpaired) electrons. The van der Waals surface area contributed by atoms with Gasteiger partial charge < -0.3 is 9.84 Å². The highest BCUT2D eigenvalue weighted by molar-refractivity contribution is 5.89. The molecule has 0 saturated carbocycles. The molecule has 0 heterocycles. The minimum absolute atomic E-state index is 0.156. The van der Waals surface area contributed by atoms with Crippen molar-refractivity contribution in [3.8, 4) is 5.75 Å². The zero-order valence-corrected chi connectivity index (χ0v) is 17.1. The highest BCUT2D eigenvalue weighted by atomic mass is 16.5. The molecule has 0 aliphatic carbocycles. The summed E-state index contributed by atoms with van der Waals surface area (Å²) in [4.78, 5) is 11.8. The van der Waals surface area contributed by atoms with Crippen molar-refractivity contribution < 1.29 is 14.6 Å². The summed E-state index contributed by atoms with van der Waals surface area (Å²) in [6, 6.07) is 6.16. The number of hydrogen-bond donors (Lipinski definition) is 1. The van der Waals surface area contributed by atoms with E-state index in [0.717, 1.165) is 19.3 Å². The molecule has 1 rings (SSSR count). The number of esters is 1. The fourth-order valence-corrected chi connectivity index (χ4v) is 3.02. The van der Waals surface area contributed by atoms with E-state index >= 15 is 0 Å². The number of aromatic hydroxyl groups is 1. The van der Waals surface area contributed by atoms with Gasteiger partial charge >= 0.3 is 5.97 Å². The van der Waals surface area contributed by atoms with Gasteiger partial charge in [-0.15, -0.1) is 0 Å². The fraction of sp³-hybridized carbons (Fsp3) is 0.625. The summed E-state index contributed by atoms with van der Waals surface area (Å²) in [6.07, 6.45) is 21.0. The molecule has 0 bridgehead atoms. The quantitative estimate of drug-likeness (QED) is 0.189. The Balaban J connectivity index is 1.86. The van der Waals surface area contributed by atoms with E-state index in [9.17, 15) is 9.90 Å². The molecule has 0 atom stereocenters. The average molecular weight is 375 g/mol. The van der Waals surface area contributed by atoms with Crippen LogP contribution in [0.2, 0.25) is 0 Å². The number of carbonyl (C=O) groups excluding carboxylic acids is 1. The maximum Gasteiger partial charge on any atom is 0.338 e. The van der Waals surface area contributed by atoms with Gasteiger partial charge in [0.15, 0.2) is 0 Å². The van der Waals surface area contributed by atoms with Crippen molar-refractivity contribution >= 4 is 5.97 Å². The number of unbranched alkanes of at least 4 members (excludes halogenated alkanes) is 11. The molecule has 27 heavy (non-hydrogen) atoms. The molecule has 3 heteroatoms. The summed E-state index contributed by atoms with van der Waals surface area (Å²) in [5.74, 6) is -0.161. The van der Waals surface area contributed by atoms with Crippen molar-refractivity contribution in [3.05, 3.63) is 42.0 Å². The second-order valence-corrected chi connectivity index (χ2v) is 7.27. The number of rotatable bonds is 16. The number of phenols is 1. The van der Waals surface area contributed by atoms with Crippen LogP contribution in [-0.2, 0) is 4.74 Å². The Bertz CT molecular complexity index is 505. The molecule has 1 aromatic rings. The SMILES string of the molecule is CCCCCCCCC/C=C/CCCCCCOC(=O)c1ccc(O)cc1. The van der Waals surface area contributed by atoms with Crippen molar-refractivity contribution in [2.75, 3.05) is 6.61 Å². The summed E-state index contributed by atoms with van der Waals surface area (Å²) >= 11 is 0. The summed E-state index contributed by atoms with van der Waals surface area (Å²) in [5.41, 5.74) is 0.485. The molecule has 1 aromatic carbocycles. The van der Waals surface area contributed by atoms with Gasteiger partial charge in [-0.2, -0.15) is 0 Å².